The van der Waals surface area contributed by atoms with Crippen molar-refractivity contribution in [2.24, 2.45) is 0 Å². The molecule has 6 nitrogen and oxygen atoms in total. The Hall–Kier alpha value is -1.89. The number of carbonyl (C=O) groups excluding carboxylic acids is 1. The number of anilines is 1. The highest BCUT2D eigenvalue weighted by Gasteiger charge is 2.23. The monoisotopic (exact) mass is 277 g/mol. The molecule has 1 aliphatic rings. The number of aromatic nitrogens is 3. The molecule has 1 amide bonds. The number of rotatable bonds is 6. The average molecular weight is 277 g/mol. The number of thiazole rings is 1. The van der Waals surface area contributed by atoms with Crippen molar-refractivity contribution in [1.82, 2.24) is 20.1 Å². The van der Waals surface area contributed by atoms with Crippen molar-refractivity contribution < 1.29 is 4.79 Å². The summed E-state index contributed by atoms with van der Waals surface area (Å²) < 4.78 is 1.64. The Morgan fingerprint density at radius 3 is 3.16 bits per heavy atom. The standard InChI is InChI=1S/C12H15N5OS/c18-11(16-9-1-2-9)8-17-7-10(5-15-17)14-6-12-13-3-4-19-12/h3-5,7,9,14H,1-2,6,8H2,(H,16,18). The third-order valence-corrected chi connectivity index (χ3v) is 3.59. The van der Waals surface area contributed by atoms with E-state index < -0.39 is 0 Å². The molecule has 0 aromatic carbocycles. The van der Waals surface area contributed by atoms with Crippen LogP contribution in [0.15, 0.2) is 24.0 Å². The molecular weight excluding hydrogens is 262 g/mol. The summed E-state index contributed by atoms with van der Waals surface area (Å²) in [6.07, 6.45) is 7.54. The third kappa shape index (κ3) is 3.54. The van der Waals surface area contributed by atoms with E-state index in [0.717, 1.165) is 23.5 Å². The molecule has 0 saturated heterocycles. The smallest absolute Gasteiger partial charge is 0.241 e. The van der Waals surface area contributed by atoms with E-state index in [-0.39, 0.29) is 12.5 Å². The van der Waals surface area contributed by atoms with Gasteiger partial charge in [-0.2, -0.15) is 5.10 Å². The second-order valence-corrected chi connectivity index (χ2v) is 5.53. The van der Waals surface area contributed by atoms with E-state index >= 15 is 0 Å². The Labute approximate surface area is 114 Å². The molecule has 2 aromatic rings. The molecule has 7 heteroatoms. The van der Waals surface area contributed by atoms with Gasteiger partial charge in [-0.25, -0.2) is 4.98 Å². The van der Waals surface area contributed by atoms with Crippen LogP contribution in [0.4, 0.5) is 5.69 Å². The number of nitrogens with one attached hydrogen (secondary N) is 2. The lowest BCUT2D eigenvalue weighted by molar-refractivity contribution is -0.122. The van der Waals surface area contributed by atoms with Crippen molar-refractivity contribution in [2.45, 2.75) is 32.0 Å². The number of hydrogen-bond acceptors (Lipinski definition) is 5. The van der Waals surface area contributed by atoms with Gasteiger partial charge in [-0.3, -0.25) is 9.48 Å². The van der Waals surface area contributed by atoms with Crippen molar-refractivity contribution in [1.29, 1.82) is 0 Å². The summed E-state index contributed by atoms with van der Waals surface area (Å²) in [4.78, 5) is 15.8. The largest absolute Gasteiger partial charge is 0.376 e. The zero-order chi connectivity index (χ0) is 13.1. The van der Waals surface area contributed by atoms with Crippen molar-refractivity contribution in [3.8, 4) is 0 Å². The fourth-order valence-corrected chi connectivity index (χ4v) is 2.26. The van der Waals surface area contributed by atoms with Crippen LogP contribution in [0.5, 0.6) is 0 Å². The summed E-state index contributed by atoms with van der Waals surface area (Å²) in [5.41, 5.74) is 0.898. The zero-order valence-electron chi connectivity index (χ0n) is 10.4. The molecule has 19 heavy (non-hydrogen) atoms. The lowest BCUT2D eigenvalue weighted by atomic mass is 10.5. The van der Waals surface area contributed by atoms with Crippen LogP contribution in [0.25, 0.3) is 0 Å². The molecule has 3 rings (SSSR count). The second kappa shape index (κ2) is 5.40. The first-order valence-electron chi connectivity index (χ1n) is 6.23. The maximum atomic E-state index is 11.6. The van der Waals surface area contributed by atoms with Crippen LogP contribution in [0.3, 0.4) is 0 Å². The molecule has 1 saturated carbocycles. The Morgan fingerprint density at radius 2 is 2.42 bits per heavy atom. The average Bonchev–Trinajstić information content (AvgIpc) is 2.91. The van der Waals surface area contributed by atoms with Crippen LogP contribution in [0.2, 0.25) is 0 Å². The summed E-state index contributed by atoms with van der Waals surface area (Å²) >= 11 is 1.61. The van der Waals surface area contributed by atoms with E-state index in [4.69, 9.17) is 0 Å². The van der Waals surface area contributed by atoms with Crippen LogP contribution in [-0.4, -0.2) is 26.7 Å². The first kappa shape index (κ1) is 12.2. The van der Waals surface area contributed by atoms with Crippen LogP contribution in [0.1, 0.15) is 17.8 Å². The van der Waals surface area contributed by atoms with E-state index in [1.54, 1.807) is 28.4 Å². The molecule has 1 aliphatic carbocycles. The fourth-order valence-electron chi connectivity index (χ4n) is 1.71. The summed E-state index contributed by atoms with van der Waals surface area (Å²) in [5, 5.41) is 13.3. The van der Waals surface area contributed by atoms with Gasteiger partial charge < -0.3 is 10.6 Å². The van der Waals surface area contributed by atoms with Gasteiger partial charge in [0, 0.05) is 23.8 Å². The Bertz CT molecular complexity index is 546. The molecule has 2 heterocycles. The molecule has 0 spiro atoms. The minimum Gasteiger partial charge on any atom is -0.376 e. The number of hydrogen-bond donors (Lipinski definition) is 2. The molecule has 1 fully saturated rings. The van der Waals surface area contributed by atoms with E-state index in [1.165, 1.54) is 0 Å². The summed E-state index contributed by atoms with van der Waals surface area (Å²) in [6.45, 7) is 0.951. The maximum Gasteiger partial charge on any atom is 0.241 e. The van der Waals surface area contributed by atoms with Gasteiger partial charge in [0.15, 0.2) is 0 Å². The summed E-state index contributed by atoms with van der Waals surface area (Å²) in [6, 6.07) is 0.394. The zero-order valence-corrected chi connectivity index (χ0v) is 11.2. The number of amides is 1. The van der Waals surface area contributed by atoms with Crippen molar-refractivity contribution in [2.75, 3.05) is 5.32 Å². The van der Waals surface area contributed by atoms with Crippen molar-refractivity contribution >= 4 is 22.9 Å². The van der Waals surface area contributed by atoms with Gasteiger partial charge in [0.25, 0.3) is 0 Å². The van der Waals surface area contributed by atoms with Gasteiger partial charge in [-0.05, 0) is 12.8 Å². The maximum absolute atomic E-state index is 11.6. The highest BCUT2D eigenvalue weighted by molar-refractivity contribution is 7.09. The van der Waals surface area contributed by atoms with Gasteiger partial charge in [0.2, 0.25) is 5.91 Å². The molecule has 0 radical (unpaired) electrons. The van der Waals surface area contributed by atoms with Gasteiger partial charge in [0.05, 0.1) is 18.4 Å². The van der Waals surface area contributed by atoms with E-state index in [9.17, 15) is 4.79 Å². The Balaban J connectivity index is 1.49. The topological polar surface area (TPSA) is 71.8 Å². The minimum absolute atomic E-state index is 0.0251. The predicted octanol–water partition coefficient (Wildman–Crippen LogP) is 1.23. The molecule has 0 atom stereocenters. The Morgan fingerprint density at radius 1 is 1.53 bits per heavy atom. The van der Waals surface area contributed by atoms with Gasteiger partial charge in [-0.1, -0.05) is 0 Å². The third-order valence-electron chi connectivity index (χ3n) is 2.81. The summed E-state index contributed by atoms with van der Waals surface area (Å²) in [5.74, 6) is 0.0251. The van der Waals surface area contributed by atoms with E-state index in [1.807, 2.05) is 11.6 Å². The van der Waals surface area contributed by atoms with E-state index in [0.29, 0.717) is 12.6 Å². The molecule has 2 aromatic heterocycles. The predicted molar refractivity (Wildman–Crippen MR) is 72.8 cm³/mol. The van der Waals surface area contributed by atoms with Gasteiger partial charge >= 0.3 is 0 Å². The minimum atomic E-state index is 0.0251. The Kier molecular flexibility index (Phi) is 3.45. The highest BCUT2D eigenvalue weighted by atomic mass is 32.1. The molecular formula is C12H15N5OS. The van der Waals surface area contributed by atoms with Crippen LogP contribution in [-0.2, 0) is 17.9 Å². The SMILES string of the molecule is O=C(Cn1cc(NCc2nccs2)cn1)NC1CC1. The van der Waals surface area contributed by atoms with Crippen LogP contribution < -0.4 is 10.6 Å². The number of nitrogens with zero attached hydrogens (tertiary/aromatic N) is 3. The molecule has 0 aliphatic heterocycles. The van der Waals surface area contributed by atoms with Gasteiger partial charge in [-0.15, -0.1) is 11.3 Å². The van der Waals surface area contributed by atoms with Crippen LogP contribution >= 0.6 is 11.3 Å². The van der Waals surface area contributed by atoms with E-state index in [2.05, 4.69) is 20.7 Å². The molecule has 0 bridgehead atoms. The van der Waals surface area contributed by atoms with Gasteiger partial charge in [0.1, 0.15) is 11.6 Å². The normalized spacial score (nSPS) is 14.3. The number of carbonyl (C=O) groups is 1. The molecule has 2 N–H and O–H groups in total. The summed E-state index contributed by atoms with van der Waals surface area (Å²) in [7, 11) is 0. The molecule has 100 valence electrons. The lowest BCUT2D eigenvalue weighted by Crippen LogP contribution is -2.29. The quantitative estimate of drug-likeness (QED) is 0.833. The fraction of sp³-hybridized carbons (Fsp3) is 0.417. The lowest BCUT2D eigenvalue weighted by Gasteiger charge is -2.03. The second-order valence-electron chi connectivity index (χ2n) is 4.55. The first-order chi connectivity index (χ1) is 9.29. The van der Waals surface area contributed by atoms with Crippen molar-refractivity contribution in [3.63, 3.8) is 0 Å². The van der Waals surface area contributed by atoms with Crippen molar-refractivity contribution in [3.05, 3.63) is 29.0 Å². The highest BCUT2D eigenvalue weighted by Crippen LogP contribution is 2.18. The first-order valence-corrected chi connectivity index (χ1v) is 7.11. The van der Waals surface area contributed by atoms with Crippen LogP contribution in [0, 0.1) is 0 Å². The molecule has 0 unspecified atom stereocenters.